The van der Waals surface area contributed by atoms with Gasteiger partial charge in [-0.1, -0.05) is 0 Å². The predicted octanol–water partition coefficient (Wildman–Crippen LogP) is 4.39. The van der Waals surface area contributed by atoms with Crippen LogP contribution in [0.2, 0.25) is 0 Å². The minimum absolute atomic E-state index is 0.279. The van der Waals surface area contributed by atoms with Crippen molar-refractivity contribution in [3.8, 4) is 0 Å². The van der Waals surface area contributed by atoms with Gasteiger partial charge in [0, 0.05) is 25.0 Å². The van der Waals surface area contributed by atoms with Crippen LogP contribution in [0.4, 0.5) is 0 Å². The van der Waals surface area contributed by atoms with E-state index in [0.717, 1.165) is 110 Å². The Morgan fingerprint density at radius 3 is 1.73 bits per heavy atom. The number of carboxylic acids is 1. The molecule has 4 bridgehead atoms. The van der Waals surface area contributed by atoms with Crippen molar-refractivity contribution in [2.45, 2.75) is 113 Å². The van der Waals surface area contributed by atoms with Crippen LogP contribution in [0.1, 0.15) is 84.0 Å². The molecular weight excluding hydrogens is 476 g/mol. The van der Waals surface area contributed by atoms with E-state index < -0.39 is 5.97 Å². The van der Waals surface area contributed by atoms with Crippen LogP contribution in [0.15, 0.2) is 11.3 Å². The Balaban J connectivity index is 1.21. The summed E-state index contributed by atoms with van der Waals surface area (Å²) in [5.41, 5.74) is -0.569. The molecule has 1 N–H and O–H groups in total. The van der Waals surface area contributed by atoms with Gasteiger partial charge < -0.3 is 33.5 Å². The fourth-order valence-corrected chi connectivity index (χ4v) is 7.98. The second-order valence-corrected chi connectivity index (χ2v) is 12.8. The molecule has 5 atom stereocenters. The van der Waals surface area contributed by atoms with Gasteiger partial charge in [-0.25, -0.2) is 4.79 Å². The normalized spacial score (nSPS) is 41.4. The molecule has 0 spiro atoms. The summed E-state index contributed by atoms with van der Waals surface area (Å²) in [5, 5.41) is 10.1. The lowest BCUT2D eigenvalue weighted by molar-refractivity contribution is -0.261. The van der Waals surface area contributed by atoms with Crippen molar-refractivity contribution in [2.75, 3.05) is 39.6 Å². The van der Waals surface area contributed by atoms with Crippen molar-refractivity contribution in [3.05, 3.63) is 11.3 Å². The number of allylic oxidation sites excluding steroid dienone is 1. The van der Waals surface area contributed by atoms with Crippen LogP contribution in [0, 0.1) is 11.3 Å². The van der Waals surface area contributed by atoms with Crippen LogP contribution in [0.3, 0.4) is 0 Å². The van der Waals surface area contributed by atoms with Crippen LogP contribution in [0.25, 0.3) is 0 Å². The fraction of sp³-hybridized carbons (Fsp3) is 0.897. The first-order valence-corrected chi connectivity index (χ1v) is 14.6. The van der Waals surface area contributed by atoms with Gasteiger partial charge in [0.1, 0.15) is 5.76 Å². The molecule has 0 aromatic heterocycles. The van der Waals surface area contributed by atoms with Crippen molar-refractivity contribution in [3.63, 3.8) is 0 Å². The van der Waals surface area contributed by atoms with Gasteiger partial charge in [-0.05, 0) is 83.5 Å². The Hall–Kier alpha value is -1.19. The van der Waals surface area contributed by atoms with E-state index in [1.54, 1.807) is 6.92 Å². The summed E-state index contributed by atoms with van der Waals surface area (Å²) in [5.74, 6) is 0.240. The number of aliphatic carboxylic acids is 1. The maximum atomic E-state index is 12.3. The molecule has 4 aliphatic carbocycles. The number of carboxylic acid groups (broad SMARTS) is 1. The lowest BCUT2D eigenvalue weighted by Crippen LogP contribution is -2.65. The molecule has 5 unspecified atom stereocenters. The highest BCUT2D eigenvalue weighted by Crippen LogP contribution is 2.68. The van der Waals surface area contributed by atoms with E-state index in [4.69, 9.17) is 28.4 Å². The Kier molecular flexibility index (Phi) is 7.33. The van der Waals surface area contributed by atoms with E-state index >= 15 is 0 Å². The van der Waals surface area contributed by atoms with Gasteiger partial charge in [-0.2, -0.15) is 0 Å². The second kappa shape index (κ2) is 10.4. The molecule has 208 valence electrons. The highest BCUT2D eigenvalue weighted by molar-refractivity contribution is 5.86. The average molecular weight is 521 g/mol. The van der Waals surface area contributed by atoms with Gasteiger partial charge in [0.15, 0.2) is 0 Å². The SMILES string of the molecule is CC(C(=O)O)=C(OCCCC1CO1)C12CC3CC(OCCCC4CO4)(CC(OCCCC4CO4)(C3)C1)C2. The Labute approximate surface area is 220 Å². The number of epoxide rings is 3. The van der Waals surface area contributed by atoms with E-state index in [1.165, 1.54) is 0 Å². The van der Waals surface area contributed by atoms with Crippen molar-refractivity contribution in [2.24, 2.45) is 11.3 Å². The largest absolute Gasteiger partial charge is 0.497 e. The van der Waals surface area contributed by atoms with E-state index in [0.29, 0.717) is 42.2 Å². The molecule has 0 aromatic carbocycles. The standard InChI is InChI=1S/C29H44O8/c1-20(26(30)31)25(32-8-2-5-22-14-33-22)27-11-21-12-28(17-27,36-9-3-6-23-15-34-23)19-29(13-21,18-27)37-10-4-7-24-16-35-24/h21-24H,2-19H2,1H3,(H,30,31). The molecule has 3 heterocycles. The maximum absolute atomic E-state index is 12.3. The van der Waals surface area contributed by atoms with Gasteiger partial charge in [0.2, 0.25) is 0 Å². The van der Waals surface area contributed by atoms with Gasteiger partial charge in [0.25, 0.3) is 0 Å². The summed E-state index contributed by atoms with van der Waals surface area (Å²) in [7, 11) is 0. The topological polar surface area (TPSA) is 103 Å². The minimum Gasteiger partial charge on any atom is -0.497 e. The molecule has 7 rings (SSSR count). The van der Waals surface area contributed by atoms with E-state index in [-0.39, 0.29) is 16.6 Å². The van der Waals surface area contributed by atoms with Crippen molar-refractivity contribution in [1.29, 1.82) is 0 Å². The van der Waals surface area contributed by atoms with Gasteiger partial charge in [0.05, 0.1) is 61.5 Å². The van der Waals surface area contributed by atoms with Crippen LogP contribution in [-0.2, 0) is 33.2 Å². The number of rotatable bonds is 17. The molecule has 3 aliphatic heterocycles. The van der Waals surface area contributed by atoms with E-state index in [1.807, 2.05) is 0 Å². The summed E-state index contributed by atoms with van der Waals surface area (Å²) in [6.07, 6.45) is 12.7. The first-order valence-electron chi connectivity index (χ1n) is 14.6. The summed E-state index contributed by atoms with van der Waals surface area (Å²) >= 11 is 0. The molecule has 8 heteroatoms. The Morgan fingerprint density at radius 2 is 1.27 bits per heavy atom. The summed E-state index contributed by atoms with van der Waals surface area (Å²) in [4.78, 5) is 12.3. The molecule has 4 saturated carbocycles. The summed E-state index contributed by atoms with van der Waals surface area (Å²) in [6.45, 7) is 6.27. The number of carbonyl (C=O) groups is 1. The first-order chi connectivity index (χ1) is 17.9. The summed E-state index contributed by atoms with van der Waals surface area (Å²) < 4.78 is 36.1. The lowest BCUT2D eigenvalue weighted by Gasteiger charge is -2.66. The predicted molar refractivity (Wildman–Crippen MR) is 134 cm³/mol. The first kappa shape index (κ1) is 26.1. The molecule has 3 saturated heterocycles. The maximum Gasteiger partial charge on any atom is 0.334 e. The second-order valence-electron chi connectivity index (χ2n) is 12.8. The molecule has 0 aromatic rings. The highest BCUT2D eigenvalue weighted by atomic mass is 16.6. The molecule has 7 fully saturated rings. The van der Waals surface area contributed by atoms with Crippen molar-refractivity contribution < 1.29 is 38.3 Å². The van der Waals surface area contributed by atoms with Gasteiger partial charge >= 0.3 is 5.97 Å². The van der Waals surface area contributed by atoms with Gasteiger partial charge in [-0.3, -0.25) is 0 Å². The minimum atomic E-state index is -0.893. The average Bonchev–Trinajstić information content (AvgIpc) is 3.70. The molecule has 8 nitrogen and oxygen atoms in total. The Morgan fingerprint density at radius 1 is 0.784 bits per heavy atom. The van der Waals surface area contributed by atoms with Crippen LogP contribution in [0.5, 0.6) is 0 Å². The zero-order chi connectivity index (χ0) is 25.5. The van der Waals surface area contributed by atoms with E-state index in [2.05, 4.69) is 0 Å². The number of hydrogen-bond donors (Lipinski definition) is 1. The molecule has 37 heavy (non-hydrogen) atoms. The monoisotopic (exact) mass is 520 g/mol. The highest BCUT2D eigenvalue weighted by Gasteiger charge is 2.66. The zero-order valence-corrected chi connectivity index (χ0v) is 22.3. The third-order valence-electron chi connectivity index (χ3n) is 9.39. The fourth-order valence-electron chi connectivity index (χ4n) is 7.98. The quantitative estimate of drug-likeness (QED) is 0.130. The third kappa shape index (κ3) is 6.19. The van der Waals surface area contributed by atoms with Crippen molar-refractivity contribution >= 4 is 5.97 Å². The zero-order valence-electron chi connectivity index (χ0n) is 22.3. The van der Waals surface area contributed by atoms with Crippen LogP contribution in [-0.4, -0.2) is 80.2 Å². The molecule has 7 aliphatic rings. The smallest absolute Gasteiger partial charge is 0.334 e. The van der Waals surface area contributed by atoms with Crippen LogP contribution < -0.4 is 0 Å². The third-order valence-corrected chi connectivity index (χ3v) is 9.39. The number of ether oxygens (including phenoxy) is 6. The van der Waals surface area contributed by atoms with Crippen LogP contribution >= 0.6 is 0 Å². The summed E-state index contributed by atoms with van der Waals surface area (Å²) in [6, 6.07) is 0. The number of hydrogen-bond acceptors (Lipinski definition) is 7. The lowest BCUT2D eigenvalue weighted by atomic mass is 9.45. The molecular formula is C29H44O8. The Bertz CT molecular complexity index is 837. The molecule has 0 radical (unpaired) electrons. The molecule has 0 amide bonds. The van der Waals surface area contributed by atoms with Gasteiger partial charge in [-0.15, -0.1) is 0 Å². The van der Waals surface area contributed by atoms with E-state index in [9.17, 15) is 9.90 Å². The van der Waals surface area contributed by atoms with Crippen molar-refractivity contribution in [1.82, 2.24) is 0 Å².